The first-order valence-corrected chi connectivity index (χ1v) is 9.82. The fraction of sp³-hybridized carbons (Fsp3) is 0.391. The normalized spacial score (nSPS) is 15.7. The minimum absolute atomic E-state index is 0.0870. The van der Waals surface area contributed by atoms with Crippen molar-refractivity contribution >= 4 is 23.2 Å². The molecular formula is C23H26F2N2O2. The predicted octanol–water partition coefficient (Wildman–Crippen LogP) is 5.39. The van der Waals surface area contributed by atoms with Gasteiger partial charge in [-0.25, -0.2) is 8.78 Å². The highest BCUT2D eigenvalue weighted by molar-refractivity contribution is 6.16. The Bertz CT molecular complexity index is 935. The fourth-order valence-corrected chi connectivity index (χ4v) is 3.34. The van der Waals surface area contributed by atoms with Crippen molar-refractivity contribution in [2.24, 2.45) is 11.3 Å². The standard InChI is InChI=1S/C23H26F2N2O2/c1-13(2)15(4)18-12-20(19(25)11-14(18)3)27-22(29)23(9-10-23)21(28)26-17-7-5-16(24)6-8-17/h5-8,11-13,15H,9-10H2,1-4H3,(H,26,28)(H,27,29). The maximum absolute atomic E-state index is 14.5. The van der Waals surface area contributed by atoms with Gasteiger partial charge in [-0.3, -0.25) is 9.59 Å². The number of benzene rings is 2. The summed E-state index contributed by atoms with van der Waals surface area (Å²) < 4.78 is 27.5. The Kier molecular flexibility index (Phi) is 5.73. The number of halogens is 2. The molecule has 3 rings (SSSR count). The van der Waals surface area contributed by atoms with Gasteiger partial charge < -0.3 is 10.6 Å². The van der Waals surface area contributed by atoms with Crippen molar-refractivity contribution < 1.29 is 18.4 Å². The number of hydrogen-bond donors (Lipinski definition) is 2. The van der Waals surface area contributed by atoms with E-state index >= 15 is 0 Å². The largest absolute Gasteiger partial charge is 0.325 e. The van der Waals surface area contributed by atoms with Crippen LogP contribution in [-0.4, -0.2) is 11.8 Å². The molecule has 2 aromatic rings. The van der Waals surface area contributed by atoms with Crippen molar-refractivity contribution in [1.29, 1.82) is 0 Å². The molecule has 1 saturated carbocycles. The second-order valence-corrected chi connectivity index (χ2v) is 8.22. The van der Waals surface area contributed by atoms with E-state index in [0.717, 1.165) is 11.1 Å². The summed E-state index contributed by atoms with van der Waals surface area (Å²) in [6, 6.07) is 8.41. The zero-order chi connectivity index (χ0) is 21.3. The smallest absolute Gasteiger partial charge is 0.240 e. The van der Waals surface area contributed by atoms with Gasteiger partial charge in [0, 0.05) is 5.69 Å². The van der Waals surface area contributed by atoms with E-state index in [1.165, 1.54) is 30.3 Å². The number of nitrogens with one attached hydrogen (secondary N) is 2. The number of carbonyl (C=O) groups is 2. The van der Waals surface area contributed by atoms with Gasteiger partial charge >= 0.3 is 0 Å². The van der Waals surface area contributed by atoms with E-state index in [1.54, 1.807) is 6.07 Å². The number of aryl methyl sites for hydroxylation is 1. The van der Waals surface area contributed by atoms with Gasteiger partial charge in [-0.05, 0) is 79.1 Å². The van der Waals surface area contributed by atoms with Crippen LogP contribution in [0, 0.1) is 29.9 Å². The van der Waals surface area contributed by atoms with E-state index in [-0.39, 0.29) is 11.6 Å². The lowest BCUT2D eigenvalue weighted by Crippen LogP contribution is -2.36. The van der Waals surface area contributed by atoms with Crippen LogP contribution in [0.3, 0.4) is 0 Å². The molecule has 0 radical (unpaired) electrons. The van der Waals surface area contributed by atoms with Crippen molar-refractivity contribution in [2.45, 2.75) is 46.5 Å². The molecule has 2 aromatic carbocycles. The van der Waals surface area contributed by atoms with Gasteiger partial charge in [0.25, 0.3) is 0 Å². The molecule has 4 nitrogen and oxygen atoms in total. The van der Waals surface area contributed by atoms with Gasteiger partial charge in [-0.15, -0.1) is 0 Å². The lowest BCUT2D eigenvalue weighted by Gasteiger charge is -2.21. The number of hydrogen-bond acceptors (Lipinski definition) is 2. The zero-order valence-corrected chi connectivity index (χ0v) is 17.1. The molecule has 1 aliphatic carbocycles. The summed E-state index contributed by atoms with van der Waals surface area (Å²) in [6.45, 7) is 8.09. The molecule has 1 fully saturated rings. The average molecular weight is 400 g/mol. The molecular weight excluding hydrogens is 374 g/mol. The van der Waals surface area contributed by atoms with Crippen molar-refractivity contribution in [3.05, 3.63) is 59.2 Å². The van der Waals surface area contributed by atoms with E-state index in [2.05, 4.69) is 31.4 Å². The Hall–Kier alpha value is -2.76. The highest BCUT2D eigenvalue weighted by atomic mass is 19.1. The molecule has 0 aliphatic heterocycles. The third-order valence-electron chi connectivity index (χ3n) is 5.82. The lowest BCUT2D eigenvalue weighted by molar-refractivity contribution is -0.131. The molecule has 0 saturated heterocycles. The Morgan fingerprint density at radius 1 is 0.966 bits per heavy atom. The molecule has 0 bridgehead atoms. The van der Waals surface area contributed by atoms with E-state index in [0.29, 0.717) is 24.4 Å². The Morgan fingerprint density at radius 3 is 2.10 bits per heavy atom. The molecule has 2 amide bonds. The maximum atomic E-state index is 14.5. The van der Waals surface area contributed by atoms with Gasteiger partial charge in [0.15, 0.2) is 0 Å². The number of rotatable bonds is 6. The molecule has 0 spiro atoms. The van der Waals surface area contributed by atoms with Crippen LogP contribution in [0.15, 0.2) is 36.4 Å². The summed E-state index contributed by atoms with van der Waals surface area (Å²) in [6.07, 6.45) is 0.767. The third kappa shape index (κ3) is 4.31. The van der Waals surface area contributed by atoms with Crippen molar-refractivity contribution in [3.63, 3.8) is 0 Å². The van der Waals surface area contributed by atoms with Gasteiger partial charge in [0.05, 0.1) is 5.69 Å². The topological polar surface area (TPSA) is 58.2 Å². The van der Waals surface area contributed by atoms with E-state index in [4.69, 9.17) is 0 Å². The number of anilines is 2. The molecule has 2 N–H and O–H groups in total. The molecule has 6 heteroatoms. The highest BCUT2D eigenvalue weighted by Crippen LogP contribution is 2.47. The van der Waals surface area contributed by atoms with Crippen LogP contribution in [0.2, 0.25) is 0 Å². The first kappa shape index (κ1) is 21.0. The third-order valence-corrected chi connectivity index (χ3v) is 5.82. The van der Waals surface area contributed by atoms with Crippen molar-refractivity contribution in [1.82, 2.24) is 0 Å². The highest BCUT2D eigenvalue weighted by Gasteiger charge is 2.56. The number of amides is 2. The van der Waals surface area contributed by atoms with Gasteiger partial charge in [-0.2, -0.15) is 0 Å². The summed E-state index contributed by atoms with van der Waals surface area (Å²) in [7, 11) is 0. The van der Waals surface area contributed by atoms with E-state index in [9.17, 15) is 18.4 Å². The Balaban J connectivity index is 1.78. The van der Waals surface area contributed by atoms with Crippen LogP contribution in [-0.2, 0) is 9.59 Å². The lowest BCUT2D eigenvalue weighted by atomic mass is 9.87. The molecule has 0 aromatic heterocycles. The Labute approximate surface area is 169 Å². The molecule has 154 valence electrons. The zero-order valence-electron chi connectivity index (χ0n) is 17.1. The molecule has 1 unspecified atom stereocenters. The van der Waals surface area contributed by atoms with Crippen molar-refractivity contribution in [2.75, 3.05) is 10.6 Å². The summed E-state index contributed by atoms with van der Waals surface area (Å²) in [5.74, 6) is -1.37. The summed E-state index contributed by atoms with van der Waals surface area (Å²) in [5, 5.41) is 5.26. The fourth-order valence-electron chi connectivity index (χ4n) is 3.34. The molecule has 0 heterocycles. The average Bonchev–Trinajstić information content (AvgIpc) is 3.47. The van der Waals surface area contributed by atoms with Crippen LogP contribution >= 0.6 is 0 Å². The quantitative estimate of drug-likeness (QED) is 0.639. The SMILES string of the molecule is Cc1cc(F)c(NC(=O)C2(C(=O)Nc3ccc(F)cc3)CC2)cc1C(C)C(C)C. The summed E-state index contributed by atoms with van der Waals surface area (Å²) in [4.78, 5) is 25.5. The van der Waals surface area contributed by atoms with Crippen LogP contribution in [0.5, 0.6) is 0 Å². The van der Waals surface area contributed by atoms with E-state index < -0.39 is 28.9 Å². The van der Waals surface area contributed by atoms with E-state index in [1.807, 2.05) is 6.92 Å². The molecule has 29 heavy (non-hydrogen) atoms. The monoisotopic (exact) mass is 400 g/mol. The second kappa shape index (κ2) is 7.93. The van der Waals surface area contributed by atoms with Gasteiger partial charge in [0.2, 0.25) is 11.8 Å². The summed E-state index contributed by atoms with van der Waals surface area (Å²) >= 11 is 0. The van der Waals surface area contributed by atoms with Crippen LogP contribution in [0.25, 0.3) is 0 Å². The number of carbonyl (C=O) groups excluding carboxylic acids is 2. The first-order chi connectivity index (χ1) is 13.6. The van der Waals surface area contributed by atoms with Crippen LogP contribution < -0.4 is 10.6 Å². The minimum atomic E-state index is -1.23. The Morgan fingerprint density at radius 2 is 1.55 bits per heavy atom. The second-order valence-electron chi connectivity index (χ2n) is 8.22. The first-order valence-electron chi connectivity index (χ1n) is 9.82. The maximum Gasteiger partial charge on any atom is 0.240 e. The van der Waals surface area contributed by atoms with Crippen LogP contribution in [0.4, 0.5) is 20.2 Å². The van der Waals surface area contributed by atoms with Gasteiger partial charge in [0.1, 0.15) is 17.0 Å². The van der Waals surface area contributed by atoms with Crippen molar-refractivity contribution in [3.8, 4) is 0 Å². The molecule has 1 atom stereocenters. The minimum Gasteiger partial charge on any atom is -0.325 e. The predicted molar refractivity (Wildman–Crippen MR) is 110 cm³/mol. The molecule has 1 aliphatic rings. The van der Waals surface area contributed by atoms with Gasteiger partial charge in [-0.1, -0.05) is 20.8 Å². The summed E-state index contributed by atoms with van der Waals surface area (Å²) in [5.41, 5.74) is 1.07. The van der Waals surface area contributed by atoms with Crippen LogP contribution in [0.1, 0.15) is 50.7 Å².